The third kappa shape index (κ3) is 7.21. The first-order valence-corrected chi connectivity index (χ1v) is 11.6. The van der Waals surface area contributed by atoms with E-state index < -0.39 is 23.8 Å². The predicted octanol–water partition coefficient (Wildman–Crippen LogP) is 5.84. The molecule has 35 heavy (non-hydrogen) atoms. The molecule has 0 aliphatic heterocycles. The molecule has 0 aliphatic carbocycles. The Hall–Kier alpha value is -4.06. The highest BCUT2D eigenvalue weighted by Gasteiger charge is 2.26. The van der Waals surface area contributed by atoms with Crippen LogP contribution >= 0.6 is 0 Å². The number of rotatable bonds is 10. The lowest BCUT2D eigenvalue weighted by atomic mass is 9.94. The molecule has 2 atom stereocenters. The van der Waals surface area contributed by atoms with Crippen molar-refractivity contribution in [3.63, 3.8) is 0 Å². The van der Waals surface area contributed by atoms with Gasteiger partial charge in [0.25, 0.3) is 0 Å². The smallest absolute Gasteiger partial charge is 0.338 e. The van der Waals surface area contributed by atoms with Crippen LogP contribution < -0.4 is 4.74 Å². The van der Waals surface area contributed by atoms with E-state index >= 15 is 0 Å². The third-order valence-electron chi connectivity index (χ3n) is 5.70. The number of esters is 1. The van der Waals surface area contributed by atoms with Gasteiger partial charge in [-0.3, -0.25) is 9.59 Å². The molecule has 3 rings (SSSR count). The fourth-order valence-electron chi connectivity index (χ4n) is 3.52. The molecular weight excluding hydrogens is 442 g/mol. The van der Waals surface area contributed by atoms with Gasteiger partial charge in [-0.05, 0) is 49.6 Å². The lowest BCUT2D eigenvalue weighted by Crippen LogP contribution is -2.25. The van der Waals surface area contributed by atoms with E-state index in [1.807, 2.05) is 43.3 Å². The average Bonchev–Trinajstić information content (AvgIpc) is 2.91. The lowest BCUT2D eigenvalue weighted by Gasteiger charge is -2.16. The van der Waals surface area contributed by atoms with Crippen molar-refractivity contribution in [3.8, 4) is 5.75 Å². The number of carbonyl (C=O) groups excluding carboxylic acids is 3. The molecule has 6 heteroatoms. The first kappa shape index (κ1) is 25.6. The minimum atomic E-state index is -0.530. The Kier molecular flexibility index (Phi) is 9.07. The van der Waals surface area contributed by atoms with Crippen molar-refractivity contribution in [3.05, 3.63) is 102 Å². The molecule has 0 saturated carbocycles. The van der Waals surface area contributed by atoms with E-state index in [2.05, 4.69) is 5.16 Å². The minimum Gasteiger partial charge on any atom is -0.426 e. The molecule has 0 saturated heterocycles. The number of ether oxygens (including phenoxy) is 1. The molecule has 0 bridgehead atoms. The highest BCUT2D eigenvalue weighted by Crippen LogP contribution is 2.21. The summed E-state index contributed by atoms with van der Waals surface area (Å²) in [6, 6.07) is 24.8. The summed E-state index contributed by atoms with van der Waals surface area (Å²) in [5.41, 5.74) is 2.55. The van der Waals surface area contributed by atoms with Gasteiger partial charge in [-0.25, -0.2) is 4.79 Å². The van der Waals surface area contributed by atoms with E-state index in [1.54, 1.807) is 62.4 Å². The number of ketones is 1. The minimum absolute atomic E-state index is 0.105. The molecule has 0 aliphatic rings. The maximum atomic E-state index is 12.6. The fourth-order valence-corrected chi connectivity index (χ4v) is 3.52. The topological polar surface area (TPSA) is 82.0 Å². The molecule has 6 nitrogen and oxygen atoms in total. The summed E-state index contributed by atoms with van der Waals surface area (Å²) in [4.78, 5) is 42.8. The van der Waals surface area contributed by atoms with Gasteiger partial charge in [-0.1, -0.05) is 79.7 Å². The van der Waals surface area contributed by atoms with Gasteiger partial charge < -0.3 is 9.57 Å². The first-order valence-electron chi connectivity index (χ1n) is 11.6. The highest BCUT2D eigenvalue weighted by atomic mass is 16.7. The van der Waals surface area contributed by atoms with Crippen LogP contribution in [0.25, 0.3) is 0 Å². The predicted molar refractivity (Wildman–Crippen MR) is 134 cm³/mol. The van der Waals surface area contributed by atoms with Crippen LogP contribution in [0.15, 0.2) is 90.1 Å². The molecule has 3 aromatic rings. The molecule has 0 radical (unpaired) electrons. The molecule has 0 fully saturated rings. The van der Waals surface area contributed by atoms with Crippen molar-refractivity contribution >= 4 is 23.4 Å². The van der Waals surface area contributed by atoms with Crippen LogP contribution in [-0.2, 0) is 14.4 Å². The van der Waals surface area contributed by atoms with Gasteiger partial charge in [0, 0.05) is 11.1 Å². The van der Waals surface area contributed by atoms with Gasteiger partial charge in [0.05, 0.1) is 17.5 Å². The number of oxime groups is 1. The third-order valence-corrected chi connectivity index (χ3v) is 5.70. The summed E-state index contributed by atoms with van der Waals surface area (Å²) in [6.07, 6.45) is 0.783. The van der Waals surface area contributed by atoms with Crippen molar-refractivity contribution in [2.75, 3.05) is 0 Å². The Bertz CT molecular complexity index is 1170. The van der Waals surface area contributed by atoms with Gasteiger partial charge in [0.1, 0.15) is 5.75 Å². The summed E-state index contributed by atoms with van der Waals surface area (Å²) in [7, 11) is 0. The van der Waals surface area contributed by atoms with Gasteiger partial charge >= 0.3 is 11.9 Å². The van der Waals surface area contributed by atoms with E-state index in [-0.39, 0.29) is 12.2 Å². The van der Waals surface area contributed by atoms with Gasteiger partial charge in [-0.2, -0.15) is 0 Å². The second-order valence-electron chi connectivity index (χ2n) is 8.34. The maximum Gasteiger partial charge on any atom is 0.338 e. The van der Waals surface area contributed by atoms with Crippen LogP contribution in [0.1, 0.15) is 55.1 Å². The van der Waals surface area contributed by atoms with E-state index in [0.717, 1.165) is 5.56 Å². The summed E-state index contributed by atoms with van der Waals surface area (Å²) < 4.78 is 5.47. The largest absolute Gasteiger partial charge is 0.426 e. The van der Waals surface area contributed by atoms with Gasteiger partial charge in [-0.15, -0.1) is 0 Å². The van der Waals surface area contributed by atoms with Crippen molar-refractivity contribution in [1.82, 2.24) is 0 Å². The second-order valence-corrected chi connectivity index (χ2v) is 8.34. The summed E-state index contributed by atoms with van der Waals surface area (Å²) in [6.45, 7) is 5.34. The molecule has 3 aromatic carbocycles. The zero-order valence-corrected chi connectivity index (χ0v) is 20.1. The van der Waals surface area contributed by atoms with Gasteiger partial charge in [0.2, 0.25) is 0 Å². The fraction of sp³-hybridized carbons (Fsp3) is 0.241. The monoisotopic (exact) mass is 471 g/mol. The Balaban J connectivity index is 1.54. The first-order chi connectivity index (χ1) is 16.9. The van der Waals surface area contributed by atoms with E-state index in [4.69, 9.17) is 9.57 Å². The zero-order valence-electron chi connectivity index (χ0n) is 20.1. The Morgan fingerprint density at radius 2 is 1.31 bits per heavy atom. The van der Waals surface area contributed by atoms with Crippen molar-refractivity contribution in [2.24, 2.45) is 17.0 Å². The number of nitrogens with zero attached hydrogens (tertiary/aromatic N) is 1. The standard InChI is InChI=1S/C29H29NO5/c1-4-22(29(33)35-30-21(3)23-11-7-5-8-12-23)19-20(2)28(32)34-26-17-15-25(16-18-26)27(31)24-13-9-6-10-14-24/h5-18,20,22H,4,19H2,1-3H3. The van der Waals surface area contributed by atoms with Crippen LogP contribution in [0.3, 0.4) is 0 Å². The summed E-state index contributed by atoms with van der Waals surface area (Å²) >= 11 is 0. The average molecular weight is 472 g/mol. The molecule has 2 unspecified atom stereocenters. The van der Waals surface area contributed by atoms with Crippen LogP contribution in [0.4, 0.5) is 0 Å². The van der Waals surface area contributed by atoms with Gasteiger partial charge in [0.15, 0.2) is 5.78 Å². The van der Waals surface area contributed by atoms with Crippen LogP contribution in [0, 0.1) is 11.8 Å². The number of hydrogen-bond donors (Lipinski definition) is 0. The molecule has 0 spiro atoms. The Morgan fingerprint density at radius 3 is 1.89 bits per heavy atom. The SMILES string of the molecule is CCC(CC(C)C(=O)Oc1ccc(C(=O)c2ccccc2)cc1)C(=O)ON=C(C)c1ccccc1. The van der Waals surface area contributed by atoms with Crippen molar-refractivity contribution < 1.29 is 24.0 Å². The molecule has 0 aromatic heterocycles. The summed E-state index contributed by atoms with van der Waals surface area (Å²) in [5.74, 6) is -1.72. The second kappa shape index (κ2) is 12.4. The van der Waals surface area contributed by atoms with E-state index in [0.29, 0.717) is 29.0 Å². The molecular formula is C29H29NO5. The Labute approximate surface area is 205 Å². The van der Waals surface area contributed by atoms with Crippen LogP contribution in [0.5, 0.6) is 5.75 Å². The normalized spacial score (nSPS) is 12.9. The lowest BCUT2D eigenvalue weighted by molar-refractivity contribution is -0.150. The number of hydrogen-bond acceptors (Lipinski definition) is 6. The zero-order chi connectivity index (χ0) is 25.2. The van der Waals surface area contributed by atoms with Crippen molar-refractivity contribution in [2.45, 2.75) is 33.6 Å². The molecule has 0 heterocycles. The highest BCUT2D eigenvalue weighted by molar-refractivity contribution is 6.09. The van der Waals surface area contributed by atoms with Crippen LogP contribution in [0.2, 0.25) is 0 Å². The van der Waals surface area contributed by atoms with E-state index in [9.17, 15) is 14.4 Å². The maximum absolute atomic E-state index is 12.6. The summed E-state index contributed by atoms with van der Waals surface area (Å²) in [5, 5.41) is 3.95. The quantitative estimate of drug-likeness (QED) is 0.0926. The molecule has 0 N–H and O–H groups in total. The Morgan fingerprint density at radius 1 is 0.771 bits per heavy atom. The van der Waals surface area contributed by atoms with Crippen molar-refractivity contribution in [1.29, 1.82) is 0 Å². The number of benzene rings is 3. The molecule has 180 valence electrons. The van der Waals surface area contributed by atoms with Crippen LogP contribution in [-0.4, -0.2) is 23.4 Å². The van der Waals surface area contributed by atoms with E-state index in [1.165, 1.54) is 0 Å². The molecule has 0 amide bonds. The number of carbonyl (C=O) groups is 3.